The van der Waals surface area contributed by atoms with Crippen LogP contribution in [0.15, 0.2) is 53.9 Å². The van der Waals surface area contributed by atoms with E-state index in [4.69, 9.17) is 11.6 Å². The topological polar surface area (TPSA) is 146 Å². The first-order valence-corrected chi connectivity index (χ1v) is 9.23. The number of amides is 3. The van der Waals surface area contributed by atoms with Gasteiger partial charge in [-0.05, 0) is 23.8 Å². The summed E-state index contributed by atoms with van der Waals surface area (Å²) in [6.45, 7) is -1.47. The van der Waals surface area contributed by atoms with Crippen molar-refractivity contribution < 1.29 is 22.8 Å². The molecule has 2 aromatic carbocycles. The standard InChI is InChI=1S/C19H17F3N8O2/c20-19(21,22)8-29(24)28-16(23)11-3-1-10(2-4-11)15-17(31)27-18(32)30(15)12-5-6-13-14(7-12)26-9-25-13/h1-7,9,15H,8,24H2,(H2,23,28)(H,25,26)(H,27,31,32). The Labute approximate surface area is 178 Å². The lowest BCUT2D eigenvalue weighted by atomic mass is 10.0. The van der Waals surface area contributed by atoms with Crippen molar-refractivity contribution in [2.45, 2.75) is 12.2 Å². The van der Waals surface area contributed by atoms with E-state index < -0.39 is 30.7 Å². The number of aromatic nitrogens is 2. The molecule has 1 aliphatic heterocycles. The molecule has 1 aliphatic rings. The molecular weight excluding hydrogens is 429 g/mol. The summed E-state index contributed by atoms with van der Waals surface area (Å²) in [6, 6.07) is 9.56. The fourth-order valence-electron chi connectivity index (χ4n) is 3.36. The van der Waals surface area contributed by atoms with Crippen molar-refractivity contribution in [1.29, 1.82) is 0 Å². The number of hydrogen-bond acceptors (Lipinski definition) is 6. The molecule has 6 N–H and O–H groups in total. The van der Waals surface area contributed by atoms with Gasteiger partial charge in [0.1, 0.15) is 12.6 Å². The third kappa shape index (κ3) is 4.18. The maximum atomic E-state index is 12.5. The smallest absolute Gasteiger partial charge is 0.382 e. The van der Waals surface area contributed by atoms with Crippen molar-refractivity contribution in [2.75, 3.05) is 11.4 Å². The molecule has 2 heterocycles. The van der Waals surface area contributed by atoms with E-state index in [2.05, 4.69) is 20.4 Å². The molecule has 4 rings (SSSR count). The number of urea groups is 1. The third-order valence-corrected chi connectivity index (χ3v) is 4.74. The van der Waals surface area contributed by atoms with Crippen molar-refractivity contribution in [1.82, 2.24) is 20.4 Å². The molecule has 0 saturated carbocycles. The minimum absolute atomic E-state index is 0.194. The van der Waals surface area contributed by atoms with Gasteiger partial charge in [0.15, 0.2) is 5.84 Å². The molecule has 1 unspecified atom stereocenters. The fraction of sp³-hybridized carbons (Fsp3) is 0.158. The van der Waals surface area contributed by atoms with Crippen molar-refractivity contribution >= 4 is 34.5 Å². The largest absolute Gasteiger partial charge is 0.409 e. The van der Waals surface area contributed by atoms with Gasteiger partial charge in [0.05, 0.1) is 17.4 Å². The van der Waals surface area contributed by atoms with E-state index in [-0.39, 0.29) is 11.0 Å². The van der Waals surface area contributed by atoms with E-state index in [1.807, 2.05) is 0 Å². The van der Waals surface area contributed by atoms with Crippen LogP contribution in [0.1, 0.15) is 17.2 Å². The molecule has 1 fully saturated rings. The molecule has 3 aromatic rings. The summed E-state index contributed by atoms with van der Waals surface area (Å²) in [5.41, 5.74) is 8.37. The van der Waals surface area contributed by atoms with Crippen molar-refractivity contribution in [2.24, 2.45) is 16.7 Å². The number of halogens is 3. The number of imide groups is 1. The zero-order valence-corrected chi connectivity index (χ0v) is 16.3. The van der Waals surface area contributed by atoms with Gasteiger partial charge in [-0.2, -0.15) is 13.2 Å². The molecule has 13 heteroatoms. The van der Waals surface area contributed by atoms with Gasteiger partial charge in [-0.15, -0.1) is 5.10 Å². The lowest BCUT2D eigenvalue weighted by molar-refractivity contribution is -0.146. The van der Waals surface area contributed by atoms with Crippen LogP contribution in [0.4, 0.5) is 23.7 Å². The fourth-order valence-corrected chi connectivity index (χ4v) is 3.36. The van der Waals surface area contributed by atoms with Crippen molar-refractivity contribution in [3.8, 4) is 0 Å². The highest BCUT2D eigenvalue weighted by Gasteiger charge is 2.40. The maximum Gasteiger partial charge on any atom is 0.409 e. The molecule has 0 bridgehead atoms. The summed E-state index contributed by atoms with van der Waals surface area (Å²) >= 11 is 0. The van der Waals surface area contributed by atoms with Crippen LogP contribution in [0.5, 0.6) is 0 Å². The number of carbonyl (C=O) groups excluding carboxylic acids is 2. The molecule has 1 saturated heterocycles. The van der Waals surface area contributed by atoms with Crippen LogP contribution in [-0.4, -0.2) is 45.6 Å². The zero-order valence-electron chi connectivity index (χ0n) is 16.3. The number of nitrogens with one attached hydrogen (secondary N) is 2. The SMILES string of the molecule is N/C(=N\N(N)CC(F)(F)F)c1ccc(C2C(=O)NC(=O)N2c2ccc3nc[nH]c3c2)cc1. The second-order valence-electron chi connectivity index (χ2n) is 6.99. The highest BCUT2D eigenvalue weighted by molar-refractivity contribution is 6.15. The predicted octanol–water partition coefficient (Wildman–Crippen LogP) is 1.72. The Hall–Kier alpha value is -4.13. The second-order valence-corrected chi connectivity index (χ2v) is 6.99. The molecule has 1 aromatic heterocycles. The molecule has 0 radical (unpaired) electrons. The molecule has 0 aliphatic carbocycles. The number of nitrogens with two attached hydrogens (primary N) is 2. The quantitative estimate of drug-likeness (QED) is 0.154. The van der Waals surface area contributed by atoms with Crippen molar-refractivity contribution in [3.05, 3.63) is 59.9 Å². The van der Waals surface area contributed by atoms with E-state index in [0.717, 1.165) is 0 Å². The van der Waals surface area contributed by atoms with Gasteiger partial charge in [0.25, 0.3) is 5.91 Å². The van der Waals surface area contributed by atoms with Crippen molar-refractivity contribution in [3.63, 3.8) is 0 Å². The van der Waals surface area contributed by atoms with Crippen LogP contribution in [0.3, 0.4) is 0 Å². The Morgan fingerprint density at radius 3 is 2.59 bits per heavy atom. The first-order chi connectivity index (χ1) is 15.1. The number of anilines is 1. The predicted molar refractivity (Wildman–Crippen MR) is 109 cm³/mol. The van der Waals surface area contributed by atoms with E-state index in [1.165, 1.54) is 35.5 Å². The Morgan fingerprint density at radius 2 is 1.91 bits per heavy atom. The average Bonchev–Trinajstić information content (AvgIpc) is 3.29. The summed E-state index contributed by atoms with van der Waals surface area (Å²) in [5, 5.41) is 5.98. The first-order valence-electron chi connectivity index (χ1n) is 9.23. The Kier molecular flexibility index (Phi) is 5.18. The van der Waals surface area contributed by atoms with Gasteiger partial charge in [-0.3, -0.25) is 15.0 Å². The van der Waals surface area contributed by atoms with Gasteiger partial charge in [-0.1, -0.05) is 24.3 Å². The van der Waals surface area contributed by atoms with Crippen LogP contribution in [-0.2, 0) is 4.79 Å². The number of carbonyl (C=O) groups is 2. The highest BCUT2D eigenvalue weighted by atomic mass is 19.4. The Balaban J connectivity index is 1.60. The van der Waals surface area contributed by atoms with Crippen LogP contribution in [0, 0.1) is 0 Å². The van der Waals surface area contributed by atoms with Crippen LogP contribution in [0.25, 0.3) is 11.0 Å². The second kappa shape index (κ2) is 7.85. The highest BCUT2D eigenvalue weighted by Crippen LogP contribution is 2.32. The van der Waals surface area contributed by atoms with Gasteiger partial charge in [0.2, 0.25) is 0 Å². The maximum absolute atomic E-state index is 12.5. The molecule has 10 nitrogen and oxygen atoms in total. The number of hydrazone groups is 1. The molecule has 32 heavy (non-hydrogen) atoms. The molecule has 3 amide bonds. The Bertz CT molecular complexity index is 1210. The number of fused-ring (bicyclic) bond motifs is 1. The lowest BCUT2D eigenvalue weighted by Crippen LogP contribution is -2.37. The van der Waals surface area contributed by atoms with Gasteiger partial charge in [0, 0.05) is 11.3 Å². The number of rotatable bonds is 5. The van der Waals surface area contributed by atoms with Crippen LogP contribution in [0.2, 0.25) is 0 Å². The van der Waals surface area contributed by atoms with Gasteiger partial charge in [-0.25, -0.2) is 20.7 Å². The molecular formula is C19H17F3N8O2. The number of imidazole rings is 1. The van der Waals surface area contributed by atoms with Gasteiger partial charge < -0.3 is 10.7 Å². The van der Waals surface area contributed by atoms with E-state index in [1.54, 1.807) is 18.2 Å². The van der Waals surface area contributed by atoms with Crippen LogP contribution < -0.4 is 21.8 Å². The summed E-state index contributed by atoms with van der Waals surface area (Å²) in [6.07, 6.45) is -3.02. The van der Waals surface area contributed by atoms with E-state index in [0.29, 0.717) is 27.8 Å². The number of nitrogens with zero attached hydrogens (tertiary/aromatic N) is 4. The summed E-state index contributed by atoms with van der Waals surface area (Å²) < 4.78 is 37.2. The van der Waals surface area contributed by atoms with Gasteiger partial charge >= 0.3 is 12.2 Å². The first kappa shape index (κ1) is 21.1. The number of alkyl halides is 3. The van der Waals surface area contributed by atoms with E-state index in [9.17, 15) is 22.8 Å². The van der Waals surface area contributed by atoms with E-state index >= 15 is 0 Å². The number of amidine groups is 1. The summed E-state index contributed by atoms with van der Waals surface area (Å²) in [7, 11) is 0. The summed E-state index contributed by atoms with van der Waals surface area (Å²) in [5.74, 6) is 4.46. The number of benzene rings is 2. The average molecular weight is 446 g/mol. The van der Waals surface area contributed by atoms with Crippen LogP contribution >= 0.6 is 0 Å². The zero-order chi connectivity index (χ0) is 23.0. The molecule has 1 atom stereocenters. The number of H-pyrrole nitrogens is 1. The minimum atomic E-state index is -4.53. The molecule has 166 valence electrons. The summed E-state index contributed by atoms with van der Waals surface area (Å²) in [4.78, 5) is 33.4. The molecule has 0 spiro atoms. The monoisotopic (exact) mass is 446 g/mol. The third-order valence-electron chi connectivity index (χ3n) is 4.74. The number of hydrogen-bond donors (Lipinski definition) is 4. The minimum Gasteiger partial charge on any atom is -0.382 e. The Morgan fingerprint density at radius 1 is 1.19 bits per heavy atom. The lowest BCUT2D eigenvalue weighted by Gasteiger charge is -2.22. The normalized spacial score (nSPS) is 17.2. The number of aromatic amines is 1. The number of hydrazine groups is 1.